The normalized spacial score (nSPS) is 10.3. The molecule has 88 valence electrons. The number of halogens is 1. The van der Waals surface area contributed by atoms with Crippen LogP contribution in [0.5, 0.6) is 0 Å². The van der Waals surface area contributed by atoms with Crippen molar-refractivity contribution in [3.63, 3.8) is 0 Å². The van der Waals surface area contributed by atoms with E-state index in [1.54, 1.807) is 19.1 Å². The van der Waals surface area contributed by atoms with Gasteiger partial charge in [-0.05, 0) is 31.5 Å². The maximum Gasteiger partial charge on any atom is 0.257 e. The number of hydrogen-bond acceptors (Lipinski definition) is 3. The molecule has 0 aliphatic rings. The van der Waals surface area contributed by atoms with Gasteiger partial charge in [0.15, 0.2) is 5.82 Å². The summed E-state index contributed by atoms with van der Waals surface area (Å²) in [6.45, 7) is 3.66. The van der Waals surface area contributed by atoms with Crippen LogP contribution in [0.1, 0.15) is 21.7 Å². The van der Waals surface area contributed by atoms with Gasteiger partial charge in [-0.1, -0.05) is 27.2 Å². The highest BCUT2D eigenvalue weighted by Crippen LogP contribution is 2.17. The predicted molar refractivity (Wildman–Crippen MR) is 68.1 cm³/mol. The Morgan fingerprint density at radius 3 is 2.76 bits per heavy atom. The van der Waals surface area contributed by atoms with Crippen LogP contribution in [0.2, 0.25) is 0 Å². The molecule has 5 heteroatoms. The number of carbonyl (C=O) groups is 1. The lowest BCUT2D eigenvalue weighted by atomic mass is 10.1. The molecule has 0 aliphatic heterocycles. The van der Waals surface area contributed by atoms with E-state index in [4.69, 9.17) is 4.52 Å². The number of hydrogen-bond donors (Lipinski definition) is 1. The second kappa shape index (κ2) is 4.71. The molecular weight excluding hydrogens is 284 g/mol. The monoisotopic (exact) mass is 294 g/mol. The van der Waals surface area contributed by atoms with Gasteiger partial charge in [0.2, 0.25) is 0 Å². The van der Waals surface area contributed by atoms with Gasteiger partial charge in [0, 0.05) is 16.1 Å². The van der Waals surface area contributed by atoms with Crippen molar-refractivity contribution in [1.29, 1.82) is 0 Å². The molecule has 4 nitrogen and oxygen atoms in total. The minimum atomic E-state index is -0.197. The number of aromatic nitrogens is 1. The molecule has 1 N–H and O–H groups in total. The number of carbonyl (C=O) groups excluding carboxylic acids is 1. The third kappa shape index (κ3) is 2.74. The first-order valence-corrected chi connectivity index (χ1v) is 5.86. The van der Waals surface area contributed by atoms with E-state index in [1.807, 2.05) is 19.1 Å². The summed E-state index contributed by atoms with van der Waals surface area (Å²) in [5.74, 6) is 0.884. The van der Waals surface area contributed by atoms with Gasteiger partial charge >= 0.3 is 0 Å². The number of aryl methyl sites for hydroxylation is 2. The molecule has 0 bridgehead atoms. The molecule has 0 aliphatic carbocycles. The van der Waals surface area contributed by atoms with Gasteiger partial charge in [0.05, 0.1) is 0 Å². The Morgan fingerprint density at radius 1 is 1.35 bits per heavy atom. The number of rotatable bonds is 2. The summed E-state index contributed by atoms with van der Waals surface area (Å²) < 4.78 is 5.75. The SMILES string of the molecule is Cc1cc(NC(=O)c2cc(Br)ccc2C)no1. The van der Waals surface area contributed by atoms with E-state index in [1.165, 1.54) is 0 Å². The summed E-state index contributed by atoms with van der Waals surface area (Å²) in [6.07, 6.45) is 0. The fourth-order valence-corrected chi connectivity index (χ4v) is 1.81. The Hall–Kier alpha value is -1.62. The van der Waals surface area contributed by atoms with Crippen molar-refractivity contribution in [3.8, 4) is 0 Å². The van der Waals surface area contributed by atoms with Crippen LogP contribution >= 0.6 is 15.9 Å². The van der Waals surface area contributed by atoms with Crippen molar-refractivity contribution >= 4 is 27.7 Å². The summed E-state index contributed by atoms with van der Waals surface area (Å²) >= 11 is 3.34. The molecule has 2 rings (SSSR count). The molecule has 0 fully saturated rings. The van der Waals surface area contributed by atoms with Gasteiger partial charge in [0.1, 0.15) is 5.76 Å². The zero-order valence-corrected chi connectivity index (χ0v) is 11.0. The second-order valence-electron chi connectivity index (χ2n) is 3.74. The zero-order valence-electron chi connectivity index (χ0n) is 9.45. The highest BCUT2D eigenvalue weighted by Gasteiger charge is 2.11. The summed E-state index contributed by atoms with van der Waals surface area (Å²) in [6, 6.07) is 7.22. The maximum absolute atomic E-state index is 12.0. The fraction of sp³-hybridized carbons (Fsp3) is 0.167. The zero-order chi connectivity index (χ0) is 12.4. The largest absolute Gasteiger partial charge is 0.360 e. The Labute approximate surface area is 107 Å². The number of anilines is 1. The molecule has 1 aromatic heterocycles. The molecule has 0 radical (unpaired) electrons. The van der Waals surface area contributed by atoms with Crippen LogP contribution in [0.3, 0.4) is 0 Å². The quantitative estimate of drug-likeness (QED) is 0.924. The van der Waals surface area contributed by atoms with Crippen LogP contribution in [0.4, 0.5) is 5.82 Å². The van der Waals surface area contributed by atoms with E-state index in [0.717, 1.165) is 10.0 Å². The lowest BCUT2D eigenvalue weighted by Crippen LogP contribution is -2.13. The van der Waals surface area contributed by atoms with E-state index < -0.39 is 0 Å². The Morgan fingerprint density at radius 2 is 2.12 bits per heavy atom. The number of nitrogens with zero attached hydrogens (tertiary/aromatic N) is 1. The lowest BCUT2D eigenvalue weighted by Gasteiger charge is -2.05. The first-order chi connectivity index (χ1) is 8.06. The first kappa shape index (κ1) is 11.9. The topological polar surface area (TPSA) is 55.1 Å². The Balaban J connectivity index is 2.22. The molecule has 1 heterocycles. The van der Waals surface area contributed by atoms with Crippen LogP contribution in [0.15, 0.2) is 33.3 Å². The fourth-order valence-electron chi connectivity index (χ4n) is 1.45. The molecule has 1 amide bonds. The van der Waals surface area contributed by atoms with Gasteiger partial charge in [-0.3, -0.25) is 4.79 Å². The first-order valence-electron chi connectivity index (χ1n) is 5.07. The van der Waals surface area contributed by atoms with Gasteiger partial charge in [-0.15, -0.1) is 0 Å². The van der Waals surface area contributed by atoms with Gasteiger partial charge in [-0.2, -0.15) is 0 Å². The smallest absolute Gasteiger partial charge is 0.257 e. The van der Waals surface area contributed by atoms with Crippen LogP contribution in [-0.4, -0.2) is 11.1 Å². The molecular formula is C12H11BrN2O2. The van der Waals surface area contributed by atoms with Crippen molar-refractivity contribution in [3.05, 3.63) is 45.6 Å². The van der Waals surface area contributed by atoms with Crippen molar-refractivity contribution < 1.29 is 9.32 Å². The van der Waals surface area contributed by atoms with Crippen LogP contribution in [0.25, 0.3) is 0 Å². The molecule has 17 heavy (non-hydrogen) atoms. The highest BCUT2D eigenvalue weighted by molar-refractivity contribution is 9.10. The van der Waals surface area contributed by atoms with E-state index >= 15 is 0 Å². The second-order valence-corrected chi connectivity index (χ2v) is 4.65. The van der Waals surface area contributed by atoms with Crippen LogP contribution in [-0.2, 0) is 0 Å². The van der Waals surface area contributed by atoms with Crippen molar-refractivity contribution in [1.82, 2.24) is 5.16 Å². The predicted octanol–water partition coefficient (Wildman–Crippen LogP) is 3.31. The summed E-state index contributed by atoms with van der Waals surface area (Å²) in [4.78, 5) is 12.0. The van der Waals surface area contributed by atoms with Gasteiger partial charge in [-0.25, -0.2) is 0 Å². The average Bonchev–Trinajstić information content (AvgIpc) is 2.67. The van der Waals surface area contributed by atoms with Gasteiger partial charge in [0.25, 0.3) is 5.91 Å². The standard InChI is InChI=1S/C12H11BrN2O2/c1-7-3-4-9(13)6-10(7)12(16)14-11-5-8(2)17-15-11/h3-6H,1-2H3,(H,14,15,16). The van der Waals surface area contributed by atoms with Crippen LogP contribution < -0.4 is 5.32 Å². The molecule has 0 saturated heterocycles. The van der Waals surface area contributed by atoms with Crippen molar-refractivity contribution in [2.24, 2.45) is 0 Å². The van der Waals surface area contributed by atoms with Crippen molar-refractivity contribution in [2.45, 2.75) is 13.8 Å². The molecule has 2 aromatic rings. The number of amides is 1. The van der Waals surface area contributed by atoms with Crippen molar-refractivity contribution in [2.75, 3.05) is 5.32 Å². The third-order valence-corrected chi connectivity index (χ3v) is 2.81. The van der Waals surface area contributed by atoms with E-state index in [2.05, 4.69) is 26.4 Å². The maximum atomic E-state index is 12.0. The molecule has 0 atom stereocenters. The minimum absolute atomic E-state index is 0.197. The third-order valence-electron chi connectivity index (χ3n) is 2.31. The molecule has 0 saturated carbocycles. The average molecular weight is 295 g/mol. The number of nitrogens with one attached hydrogen (secondary N) is 1. The molecule has 0 unspecified atom stereocenters. The van der Waals surface area contributed by atoms with E-state index in [0.29, 0.717) is 17.1 Å². The summed E-state index contributed by atoms with van der Waals surface area (Å²) in [5, 5.41) is 6.40. The van der Waals surface area contributed by atoms with E-state index in [9.17, 15) is 4.79 Å². The summed E-state index contributed by atoms with van der Waals surface area (Å²) in [5.41, 5.74) is 1.52. The summed E-state index contributed by atoms with van der Waals surface area (Å²) in [7, 11) is 0. The van der Waals surface area contributed by atoms with Crippen LogP contribution in [0, 0.1) is 13.8 Å². The molecule has 0 spiro atoms. The minimum Gasteiger partial charge on any atom is -0.360 e. The molecule has 1 aromatic carbocycles. The highest BCUT2D eigenvalue weighted by atomic mass is 79.9. The van der Waals surface area contributed by atoms with E-state index in [-0.39, 0.29) is 5.91 Å². The lowest BCUT2D eigenvalue weighted by molar-refractivity contribution is 0.102. The Kier molecular flexibility index (Phi) is 3.28. The number of benzene rings is 1. The van der Waals surface area contributed by atoms with Gasteiger partial charge < -0.3 is 9.84 Å². The Bertz CT molecular complexity index is 563.